The third-order valence-corrected chi connectivity index (χ3v) is 5.37. The van der Waals surface area contributed by atoms with Crippen LogP contribution < -0.4 is 4.72 Å². The molecular formula is C13H16BrN3O3S. The molecule has 8 heteroatoms. The molecule has 0 fully saturated rings. The number of hydrogen-bond donors (Lipinski definition) is 2. The van der Waals surface area contributed by atoms with Crippen LogP contribution in [0.2, 0.25) is 0 Å². The summed E-state index contributed by atoms with van der Waals surface area (Å²) in [5.74, 6) is 0. The lowest BCUT2D eigenvalue weighted by Crippen LogP contribution is -2.14. The normalized spacial score (nSPS) is 11.6. The zero-order valence-electron chi connectivity index (χ0n) is 11.7. The van der Waals surface area contributed by atoms with Crippen LogP contribution >= 0.6 is 15.9 Å². The molecule has 2 rings (SSSR count). The van der Waals surface area contributed by atoms with Gasteiger partial charge in [0.25, 0.3) is 10.0 Å². The van der Waals surface area contributed by atoms with Crippen LogP contribution in [0.15, 0.2) is 33.9 Å². The van der Waals surface area contributed by atoms with Gasteiger partial charge in [0.2, 0.25) is 0 Å². The van der Waals surface area contributed by atoms with E-state index in [2.05, 4.69) is 25.8 Å². The topological polar surface area (TPSA) is 84.2 Å². The van der Waals surface area contributed by atoms with Crippen molar-refractivity contribution in [2.75, 3.05) is 4.72 Å². The number of aryl methyl sites for hydroxylation is 1. The largest absolute Gasteiger partial charge is 0.392 e. The first-order chi connectivity index (χ1) is 9.87. The molecule has 1 aromatic carbocycles. The Labute approximate surface area is 132 Å². The van der Waals surface area contributed by atoms with Crippen LogP contribution in [0.1, 0.15) is 18.1 Å². The summed E-state index contributed by atoms with van der Waals surface area (Å²) in [6.07, 6.45) is 3.08. The van der Waals surface area contributed by atoms with E-state index in [4.69, 9.17) is 0 Å². The molecule has 0 spiro atoms. The first kappa shape index (κ1) is 16.0. The highest BCUT2D eigenvalue weighted by atomic mass is 79.9. The van der Waals surface area contributed by atoms with Crippen molar-refractivity contribution in [3.63, 3.8) is 0 Å². The average molecular weight is 374 g/mol. The molecule has 0 aliphatic carbocycles. The van der Waals surface area contributed by atoms with Gasteiger partial charge in [0.15, 0.2) is 0 Å². The fourth-order valence-electron chi connectivity index (χ4n) is 1.88. The van der Waals surface area contributed by atoms with Gasteiger partial charge >= 0.3 is 0 Å². The number of anilines is 1. The zero-order chi connectivity index (χ0) is 15.6. The molecule has 0 bridgehead atoms. The molecule has 0 aliphatic rings. The summed E-state index contributed by atoms with van der Waals surface area (Å²) in [6, 6.07) is 3.16. The first-order valence-corrected chi connectivity index (χ1v) is 8.60. The van der Waals surface area contributed by atoms with Gasteiger partial charge in [0, 0.05) is 17.2 Å². The molecule has 2 N–H and O–H groups in total. The van der Waals surface area contributed by atoms with Gasteiger partial charge in [0.1, 0.15) is 0 Å². The minimum absolute atomic E-state index is 0.130. The third kappa shape index (κ3) is 3.45. The van der Waals surface area contributed by atoms with Crippen LogP contribution in [0.25, 0.3) is 0 Å². The zero-order valence-corrected chi connectivity index (χ0v) is 14.1. The van der Waals surface area contributed by atoms with Gasteiger partial charge in [0.05, 0.1) is 23.4 Å². The van der Waals surface area contributed by atoms with Crippen LogP contribution in [-0.2, 0) is 23.2 Å². The van der Waals surface area contributed by atoms with Crippen molar-refractivity contribution in [2.45, 2.75) is 31.9 Å². The highest BCUT2D eigenvalue weighted by Gasteiger charge is 2.20. The Morgan fingerprint density at radius 1 is 1.43 bits per heavy atom. The summed E-state index contributed by atoms with van der Waals surface area (Å²) in [4.78, 5) is 0.130. The maximum absolute atomic E-state index is 12.5. The summed E-state index contributed by atoms with van der Waals surface area (Å²) in [5, 5.41) is 13.2. The Bertz CT molecular complexity index is 756. The smallest absolute Gasteiger partial charge is 0.262 e. The molecule has 2 aromatic rings. The predicted octanol–water partition coefficient (Wildman–Crippen LogP) is 2.27. The monoisotopic (exact) mass is 373 g/mol. The number of aliphatic hydroxyl groups is 1. The van der Waals surface area contributed by atoms with Crippen LogP contribution in [-0.4, -0.2) is 23.3 Å². The standard InChI is InChI=1S/C13H16BrN3O3S/c1-3-17-7-11(6-15-17)16-21(19,20)13-5-10(8-18)4-12(14)9(13)2/h4-7,16,18H,3,8H2,1-2H3. The molecule has 0 radical (unpaired) electrons. The van der Waals surface area contributed by atoms with E-state index in [1.807, 2.05) is 6.92 Å². The van der Waals surface area contributed by atoms with Crippen LogP contribution in [0.5, 0.6) is 0 Å². The SMILES string of the molecule is CCn1cc(NS(=O)(=O)c2cc(CO)cc(Br)c2C)cn1. The lowest BCUT2D eigenvalue weighted by atomic mass is 10.2. The number of rotatable bonds is 5. The second-order valence-corrected chi connectivity index (χ2v) is 7.05. The van der Waals surface area contributed by atoms with Crippen LogP contribution in [0.4, 0.5) is 5.69 Å². The lowest BCUT2D eigenvalue weighted by molar-refractivity contribution is 0.281. The summed E-state index contributed by atoms with van der Waals surface area (Å²) < 4.78 is 29.7. The number of nitrogens with zero attached hydrogens (tertiary/aromatic N) is 2. The van der Waals surface area contributed by atoms with Gasteiger partial charge in [-0.05, 0) is 37.1 Å². The number of sulfonamides is 1. The predicted molar refractivity (Wildman–Crippen MR) is 83.5 cm³/mol. The Hall–Kier alpha value is -1.38. The number of aromatic nitrogens is 2. The first-order valence-electron chi connectivity index (χ1n) is 6.32. The van der Waals surface area contributed by atoms with E-state index in [-0.39, 0.29) is 11.5 Å². The second-order valence-electron chi connectivity index (χ2n) is 4.55. The van der Waals surface area contributed by atoms with Gasteiger partial charge in [-0.15, -0.1) is 0 Å². The van der Waals surface area contributed by atoms with E-state index in [0.717, 1.165) is 0 Å². The van der Waals surface area contributed by atoms with Crippen molar-refractivity contribution in [1.29, 1.82) is 0 Å². The number of nitrogens with one attached hydrogen (secondary N) is 1. The van der Waals surface area contributed by atoms with E-state index in [0.29, 0.717) is 27.8 Å². The molecule has 21 heavy (non-hydrogen) atoms. The molecule has 0 atom stereocenters. The number of halogens is 1. The molecular weight excluding hydrogens is 358 g/mol. The third-order valence-electron chi connectivity index (χ3n) is 3.04. The second kappa shape index (κ2) is 6.17. The Kier molecular flexibility index (Phi) is 4.70. The van der Waals surface area contributed by atoms with Crippen molar-refractivity contribution in [2.24, 2.45) is 0 Å². The van der Waals surface area contributed by atoms with Gasteiger partial charge in [-0.3, -0.25) is 9.40 Å². The van der Waals surface area contributed by atoms with Crippen molar-refractivity contribution >= 4 is 31.6 Å². The molecule has 0 saturated heterocycles. The van der Waals surface area contributed by atoms with Crippen molar-refractivity contribution in [1.82, 2.24) is 9.78 Å². The molecule has 114 valence electrons. The fourth-order valence-corrected chi connectivity index (χ4v) is 3.86. The van der Waals surface area contributed by atoms with Crippen LogP contribution in [0, 0.1) is 6.92 Å². The minimum Gasteiger partial charge on any atom is -0.392 e. The van der Waals surface area contributed by atoms with E-state index in [1.54, 1.807) is 23.9 Å². The van der Waals surface area contributed by atoms with E-state index >= 15 is 0 Å². The summed E-state index contributed by atoms with van der Waals surface area (Å²) in [5.41, 5.74) is 1.52. The number of benzene rings is 1. The van der Waals surface area contributed by atoms with Gasteiger partial charge in [-0.1, -0.05) is 15.9 Å². The van der Waals surface area contributed by atoms with Gasteiger partial charge in [-0.25, -0.2) is 8.42 Å². The quantitative estimate of drug-likeness (QED) is 0.841. The Morgan fingerprint density at radius 2 is 2.14 bits per heavy atom. The molecule has 1 heterocycles. The van der Waals surface area contributed by atoms with Crippen molar-refractivity contribution in [3.05, 3.63) is 40.1 Å². The molecule has 0 aliphatic heterocycles. The van der Waals surface area contributed by atoms with E-state index < -0.39 is 10.0 Å². The molecule has 0 amide bonds. The lowest BCUT2D eigenvalue weighted by Gasteiger charge is -2.12. The highest BCUT2D eigenvalue weighted by Crippen LogP contribution is 2.27. The highest BCUT2D eigenvalue weighted by molar-refractivity contribution is 9.10. The maximum Gasteiger partial charge on any atom is 0.262 e. The molecule has 0 saturated carbocycles. The number of hydrogen-bond acceptors (Lipinski definition) is 4. The molecule has 0 unspecified atom stereocenters. The van der Waals surface area contributed by atoms with Crippen molar-refractivity contribution < 1.29 is 13.5 Å². The summed E-state index contributed by atoms with van der Waals surface area (Å²) in [6.45, 7) is 4.05. The summed E-state index contributed by atoms with van der Waals surface area (Å²) >= 11 is 3.31. The summed E-state index contributed by atoms with van der Waals surface area (Å²) in [7, 11) is -3.74. The van der Waals surface area contributed by atoms with Gasteiger partial charge in [-0.2, -0.15) is 5.10 Å². The average Bonchev–Trinajstić information content (AvgIpc) is 2.88. The van der Waals surface area contributed by atoms with E-state index in [9.17, 15) is 13.5 Å². The Morgan fingerprint density at radius 3 is 2.71 bits per heavy atom. The number of aliphatic hydroxyl groups excluding tert-OH is 1. The van der Waals surface area contributed by atoms with Crippen LogP contribution in [0.3, 0.4) is 0 Å². The minimum atomic E-state index is -3.74. The van der Waals surface area contributed by atoms with Gasteiger partial charge < -0.3 is 5.11 Å². The molecule has 6 nitrogen and oxygen atoms in total. The molecule has 1 aromatic heterocycles. The van der Waals surface area contributed by atoms with E-state index in [1.165, 1.54) is 12.3 Å². The van der Waals surface area contributed by atoms with Crippen molar-refractivity contribution in [3.8, 4) is 0 Å². The fraction of sp³-hybridized carbons (Fsp3) is 0.308. The Balaban J connectivity index is 2.41. The maximum atomic E-state index is 12.5.